The molecule has 0 radical (unpaired) electrons. The molecule has 0 heterocycles. The maximum absolute atomic E-state index is 6.21. The van der Waals surface area contributed by atoms with Crippen molar-refractivity contribution >= 4 is 39.2 Å². The molecule has 0 aliphatic carbocycles. The molecule has 0 aliphatic heterocycles. The van der Waals surface area contributed by atoms with E-state index in [1.165, 1.54) is 10.8 Å². The number of nitrogen functional groups attached to an aromatic ring is 2. The third kappa shape index (κ3) is 4.51. The number of nitrogens with two attached hydrogens (primary N) is 2. The van der Waals surface area contributed by atoms with Gasteiger partial charge in [-0.15, -0.1) is 0 Å². The van der Waals surface area contributed by atoms with Crippen LogP contribution in [0.4, 0.5) is 28.4 Å². The summed E-state index contributed by atoms with van der Waals surface area (Å²) >= 11 is 0. The number of hydrogen-bond donors (Lipinski definition) is 2. The lowest BCUT2D eigenvalue weighted by Crippen LogP contribution is -2.09. The van der Waals surface area contributed by atoms with E-state index in [2.05, 4.69) is 114 Å². The summed E-state index contributed by atoms with van der Waals surface area (Å²) in [4.78, 5) is 2.29. The molecular weight excluding hydrogens is 450 g/mol. The van der Waals surface area contributed by atoms with Crippen molar-refractivity contribution in [1.82, 2.24) is 0 Å². The second-order valence-electron chi connectivity index (χ2n) is 9.18. The highest BCUT2D eigenvalue weighted by Crippen LogP contribution is 2.39. The average molecular weight is 478 g/mol. The molecule has 0 amide bonds. The van der Waals surface area contributed by atoms with E-state index >= 15 is 0 Å². The first-order chi connectivity index (χ1) is 18.2. The van der Waals surface area contributed by atoms with Gasteiger partial charge in [0, 0.05) is 28.4 Å². The highest BCUT2D eigenvalue weighted by atomic mass is 15.1. The van der Waals surface area contributed by atoms with E-state index in [-0.39, 0.29) is 0 Å². The monoisotopic (exact) mass is 477 g/mol. The summed E-state index contributed by atoms with van der Waals surface area (Å²) in [5, 5.41) is 2.44. The summed E-state index contributed by atoms with van der Waals surface area (Å²) in [6.45, 7) is 0. The molecule has 0 aromatic heterocycles. The molecule has 6 rings (SSSR count). The zero-order valence-corrected chi connectivity index (χ0v) is 20.4. The summed E-state index contributed by atoms with van der Waals surface area (Å²) in [5.41, 5.74) is 21.4. The Morgan fingerprint density at radius 2 is 0.946 bits per heavy atom. The van der Waals surface area contributed by atoms with Gasteiger partial charge in [0.15, 0.2) is 0 Å². The summed E-state index contributed by atoms with van der Waals surface area (Å²) in [7, 11) is 0. The minimum absolute atomic E-state index is 0.736. The molecule has 6 aromatic rings. The molecule has 0 spiro atoms. The quantitative estimate of drug-likeness (QED) is 0.244. The zero-order valence-electron chi connectivity index (χ0n) is 20.4. The van der Waals surface area contributed by atoms with Crippen molar-refractivity contribution in [3.05, 3.63) is 140 Å². The molecule has 0 fully saturated rings. The number of hydrogen-bond acceptors (Lipinski definition) is 3. The number of para-hydroxylation sites is 1. The van der Waals surface area contributed by atoms with E-state index in [1.807, 2.05) is 30.3 Å². The Bertz CT molecular complexity index is 1670. The van der Waals surface area contributed by atoms with Crippen molar-refractivity contribution in [2.45, 2.75) is 0 Å². The molecule has 37 heavy (non-hydrogen) atoms. The van der Waals surface area contributed by atoms with Crippen LogP contribution in [0.2, 0.25) is 0 Å². The van der Waals surface area contributed by atoms with Gasteiger partial charge < -0.3 is 16.4 Å². The van der Waals surface area contributed by atoms with Crippen LogP contribution >= 0.6 is 0 Å². The maximum atomic E-state index is 6.21. The molecule has 0 unspecified atom stereocenters. The molecule has 0 atom stereocenters. The Labute approximate surface area is 217 Å². The van der Waals surface area contributed by atoms with Gasteiger partial charge in [-0.2, -0.15) is 0 Å². The van der Waals surface area contributed by atoms with Gasteiger partial charge in [-0.1, -0.05) is 78.9 Å². The van der Waals surface area contributed by atoms with E-state index in [4.69, 9.17) is 11.5 Å². The van der Waals surface area contributed by atoms with Crippen LogP contribution in [0.25, 0.3) is 33.0 Å². The fourth-order valence-electron chi connectivity index (χ4n) is 4.85. The lowest BCUT2D eigenvalue weighted by atomic mass is 9.93. The van der Waals surface area contributed by atoms with Crippen molar-refractivity contribution in [2.75, 3.05) is 16.4 Å². The van der Waals surface area contributed by atoms with Gasteiger partial charge in [0.1, 0.15) is 0 Å². The molecule has 178 valence electrons. The van der Waals surface area contributed by atoms with Crippen LogP contribution in [-0.2, 0) is 0 Å². The van der Waals surface area contributed by atoms with Crippen molar-refractivity contribution < 1.29 is 0 Å². The van der Waals surface area contributed by atoms with Crippen LogP contribution < -0.4 is 16.4 Å². The molecule has 3 heteroatoms. The van der Waals surface area contributed by atoms with Crippen LogP contribution in [0, 0.1) is 0 Å². The first-order valence-electron chi connectivity index (χ1n) is 12.4. The molecular formula is C34H27N3. The van der Waals surface area contributed by atoms with Gasteiger partial charge in [0.05, 0.1) is 0 Å². The maximum Gasteiger partial charge on any atom is 0.0468 e. The Morgan fingerprint density at radius 3 is 1.70 bits per heavy atom. The standard InChI is InChI=1S/C34H27N3/c35-28-15-10-25(11-16-28)33-21-17-29(36)23-34(33)26-13-18-31(19-14-26)37(30-8-2-1-3-9-30)32-20-12-24-6-4-5-7-27(24)22-32/h1-23H,35-36H2. The van der Waals surface area contributed by atoms with E-state index in [0.717, 1.165) is 50.7 Å². The van der Waals surface area contributed by atoms with Crippen LogP contribution in [0.5, 0.6) is 0 Å². The molecule has 3 nitrogen and oxygen atoms in total. The van der Waals surface area contributed by atoms with Gasteiger partial charge in [-0.3, -0.25) is 0 Å². The number of fused-ring (bicyclic) bond motifs is 1. The largest absolute Gasteiger partial charge is 0.399 e. The van der Waals surface area contributed by atoms with Crippen molar-refractivity contribution in [3.8, 4) is 22.3 Å². The fourth-order valence-corrected chi connectivity index (χ4v) is 4.85. The highest BCUT2D eigenvalue weighted by Gasteiger charge is 2.14. The molecule has 0 bridgehead atoms. The number of nitrogens with zero attached hydrogens (tertiary/aromatic N) is 1. The van der Waals surface area contributed by atoms with Crippen molar-refractivity contribution in [2.24, 2.45) is 0 Å². The van der Waals surface area contributed by atoms with Crippen molar-refractivity contribution in [3.63, 3.8) is 0 Å². The predicted molar refractivity (Wildman–Crippen MR) is 158 cm³/mol. The van der Waals surface area contributed by atoms with Crippen LogP contribution in [0.1, 0.15) is 0 Å². The first-order valence-corrected chi connectivity index (χ1v) is 12.4. The summed E-state index contributed by atoms with van der Waals surface area (Å²) in [6, 6.07) is 48.2. The molecule has 0 saturated carbocycles. The van der Waals surface area contributed by atoms with Gasteiger partial charge in [0.2, 0.25) is 0 Å². The van der Waals surface area contributed by atoms with Crippen LogP contribution in [-0.4, -0.2) is 0 Å². The minimum atomic E-state index is 0.736. The van der Waals surface area contributed by atoms with E-state index < -0.39 is 0 Å². The van der Waals surface area contributed by atoms with E-state index in [0.29, 0.717) is 0 Å². The van der Waals surface area contributed by atoms with Crippen molar-refractivity contribution in [1.29, 1.82) is 0 Å². The zero-order chi connectivity index (χ0) is 25.2. The molecule has 0 saturated heterocycles. The smallest absolute Gasteiger partial charge is 0.0468 e. The Morgan fingerprint density at radius 1 is 0.378 bits per heavy atom. The van der Waals surface area contributed by atoms with Gasteiger partial charge >= 0.3 is 0 Å². The topological polar surface area (TPSA) is 55.3 Å². The Kier molecular flexibility index (Phi) is 5.80. The van der Waals surface area contributed by atoms with Gasteiger partial charge in [0.25, 0.3) is 0 Å². The van der Waals surface area contributed by atoms with Crippen LogP contribution in [0.15, 0.2) is 140 Å². The molecule has 4 N–H and O–H groups in total. The Hall–Kier alpha value is -5.02. The highest BCUT2D eigenvalue weighted by molar-refractivity contribution is 5.90. The average Bonchev–Trinajstić information content (AvgIpc) is 2.95. The third-order valence-corrected chi connectivity index (χ3v) is 6.71. The number of benzene rings is 6. The SMILES string of the molecule is Nc1ccc(-c2ccc(N)cc2-c2ccc(N(c3ccccc3)c3ccc4ccccc4c3)cc2)cc1. The second kappa shape index (κ2) is 9.56. The number of rotatable bonds is 5. The summed E-state index contributed by atoms with van der Waals surface area (Å²) < 4.78 is 0. The fraction of sp³-hybridized carbons (Fsp3) is 0. The summed E-state index contributed by atoms with van der Waals surface area (Å²) in [5.74, 6) is 0. The first kappa shape index (κ1) is 22.4. The van der Waals surface area contributed by atoms with E-state index in [9.17, 15) is 0 Å². The van der Waals surface area contributed by atoms with Gasteiger partial charge in [-0.25, -0.2) is 0 Å². The third-order valence-electron chi connectivity index (χ3n) is 6.71. The van der Waals surface area contributed by atoms with E-state index in [1.54, 1.807) is 0 Å². The minimum Gasteiger partial charge on any atom is -0.399 e. The lowest BCUT2D eigenvalue weighted by Gasteiger charge is -2.26. The second-order valence-corrected chi connectivity index (χ2v) is 9.18. The van der Waals surface area contributed by atoms with Crippen LogP contribution in [0.3, 0.4) is 0 Å². The summed E-state index contributed by atoms with van der Waals surface area (Å²) in [6.07, 6.45) is 0. The lowest BCUT2D eigenvalue weighted by molar-refractivity contribution is 1.29. The predicted octanol–water partition coefficient (Wildman–Crippen LogP) is 8.81. The Balaban J connectivity index is 1.44. The normalized spacial score (nSPS) is 10.9. The molecule has 0 aliphatic rings. The number of anilines is 5. The van der Waals surface area contributed by atoms with Gasteiger partial charge in [-0.05, 0) is 93.7 Å². The molecule has 6 aromatic carbocycles.